The lowest BCUT2D eigenvalue weighted by Crippen LogP contribution is -2.37. The number of carbonyl (C=O) groups excluding carboxylic acids is 1. The van der Waals surface area contributed by atoms with Gasteiger partial charge in [-0.2, -0.15) is 0 Å². The van der Waals surface area contributed by atoms with E-state index in [-0.39, 0.29) is 5.91 Å². The maximum absolute atomic E-state index is 13.3. The van der Waals surface area contributed by atoms with E-state index in [0.29, 0.717) is 12.5 Å². The van der Waals surface area contributed by atoms with Crippen molar-refractivity contribution in [2.24, 2.45) is 5.92 Å². The Morgan fingerprint density at radius 2 is 2.03 bits per heavy atom. The Balaban J connectivity index is 1.47. The highest BCUT2D eigenvalue weighted by molar-refractivity contribution is 5.99. The molecule has 0 bridgehead atoms. The Kier molecular flexibility index (Phi) is 6.47. The molecule has 2 aromatic heterocycles. The Labute approximate surface area is 196 Å². The molecule has 1 amide bonds. The fraction of sp³-hybridized carbons (Fsp3) is 0.481. The number of hydrogen-bond donors (Lipinski definition) is 0. The molecule has 0 aliphatic carbocycles. The number of methoxy groups -OCH3 is 1. The van der Waals surface area contributed by atoms with Gasteiger partial charge in [0.15, 0.2) is 0 Å². The molecule has 0 atom stereocenters. The van der Waals surface area contributed by atoms with Crippen LogP contribution in [-0.2, 0) is 30.8 Å². The first kappa shape index (κ1) is 22.1. The zero-order valence-electron chi connectivity index (χ0n) is 19.8. The first-order valence-corrected chi connectivity index (χ1v) is 12.2. The standard InChI is InChI=1S/C27H34N4O2/c1-20-7-12-30(13-8-20)27(32)22-5-6-25-23(16-22)24-19-29(18-21-4-3-10-28-17-21)11-9-26(24)31(25)14-15-33-2/h3-6,10,16-17,20H,7-9,11-15,18-19H2,1-2H3. The number of likely N-dealkylation sites (tertiary alicyclic amines) is 1. The minimum atomic E-state index is 0.171. The third-order valence-corrected chi connectivity index (χ3v) is 7.30. The third-order valence-electron chi connectivity index (χ3n) is 7.30. The summed E-state index contributed by atoms with van der Waals surface area (Å²) in [4.78, 5) is 22.1. The lowest BCUT2D eigenvalue weighted by molar-refractivity contribution is 0.0697. The topological polar surface area (TPSA) is 50.6 Å². The summed E-state index contributed by atoms with van der Waals surface area (Å²) in [5.41, 5.74) is 6.01. The van der Waals surface area contributed by atoms with Gasteiger partial charge in [-0.3, -0.25) is 14.7 Å². The molecule has 0 saturated carbocycles. The van der Waals surface area contributed by atoms with E-state index in [9.17, 15) is 4.79 Å². The average molecular weight is 447 g/mol. The number of carbonyl (C=O) groups is 1. The number of piperidine rings is 1. The molecule has 33 heavy (non-hydrogen) atoms. The summed E-state index contributed by atoms with van der Waals surface area (Å²) in [6.07, 6.45) is 6.97. The van der Waals surface area contributed by atoms with Crippen LogP contribution >= 0.6 is 0 Å². The summed E-state index contributed by atoms with van der Waals surface area (Å²) < 4.78 is 7.82. The number of amides is 1. The van der Waals surface area contributed by atoms with Gasteiger partial charge in [0, 0.05) is 87.4 Å². The number of rotatable bonds is 6. The molecule has 3 aromatic rings. The lowest BCUT2D eigenvalue weighted by Gasteiger charge is -2.30. The van der Waals surface area contributed by atoms with E-state index in [2.05, 4.69) is 39.6 Å². The van der Waals surface area contributed by atoms with Crippen LogP contribution < -0.4 is 0 Å². The second-order valence-corrected chi connectivity index (χ2v) is 9.60. The van der Waals surface area contributed by atoms with Crippen molar-refractivity contribution in [2.75, 3.05) is 33.4 Å². The zero-order chi connectivity index (χ0) is 22.8. The van der Waals surface area contributed by atoms with E-state index in [4.69, 9.17) is 4.74 Å². The molecule has 1 saturated heterocycles. The van der Waals surface area contributed by atoms with E-state index in [1.165, 1.54) is 27.7 Å². The van der Waals surface area contributed by atoms with Gasteiger partial charge in [-0.15, -0.1) is 0 Å². The van der Waals surface area contributed by atoms with Crippen molar-refractivity contribution < 1.29 is 9.53 Å². The van der Waals surface area contributed by atoms with Crippen molar-refractivity contribution in [3.63, 3.8) is 0 Å². The molecule has 0 radical (unpaired) electrons. The van der Waals surface area contributed by atoms with E-state index < -0.39 is 0 Å². The van der Waals surface area contributed by atoms with E-state index in [1.807, 2.05) is 29.4 Å². The van der Waals surface area contributed by atoms with Crippen LogP contribution in [0.2, 0.25) is 0 Å². The second-order valence-electron chi connectivity index (χ2n) is 9.60. The van der Waals surface area contributed by atoms with Crippen LogP contribution in [0.25, 0.3) is 10.9 Å². The van der Waals surface area contributed by atoms with Gasteiger partial charge < -0.3 is 14.2 Å². The summed E-state index contributed by atoms with van der Waals surface area (Å²) in [5.74, 6) is 0.884. The molecule has 4 heterocycles. The first-order valence-electron chi connectivity index (χ1n) is 12.2. The predicted molar refractivity (Wildman–Crippen MR) is 130 cm³/mol. The van der Waals surface area contributed by atoms with E-state index in [0.717, 1.165) is 64.1 Å². The van der Waals surface area contributed by atoms with Gasteiger partial charge in [0.1, 0.15) is 0 Å². The highest BCUT2D eigenvalue weighted by Gasteiger charge is 2.26. The number of nitrogens with zero attached hydrogens (tertiary/aromatic N) is 4. The molecular weight excluding hydrogens is 412 g/mol. The van der Waals surface area contributed by atoms with Crippen LogP contribution in [0.4, 0.5) is 0 Å². The summed E-state index contributed by atoms with van der Waals surface area (Å²) in [6.45, 7) is 8.32. The quantitative estimate of drug-likeness (QED) is 0.572. The Morgan fingerprint density at radius 3 is 2.79 bits per heavy atom. The number of ether oxygens (including phenoxy) is 1. The monoisotopic (exact) mass is 446 g/mol. The molecular formula is C27H34N4O2. The molecule has 0 unspecified atom stereocenters. The summed E-state index contributed by atoms with van der Waals surface area (Å²) in [5, 5.41) is 1.22. The molecule has 2 aliphatic rings. The summed E-state index contributed by atoms with van der Waals surface area (Å²) >= 11 is 0. The Morgan fingerprint density at radius 1 is 1.18 bits per heavy atom. The van der Waals surface area contributed by atoms with E-state index in [1.54, 1.807) is 7.11 Å². The lowest BCUT2D eigenvalue weighted by atomic mass is 9.98. The highest BCUT2D eigenvalue weighted by Crippen LogP contribution is 2.33. The fourth-order valence-corrected chi connectivity index (χ4v) is 5.36. The molecule has 1 aromatic carbocycles. The molecule has 1 fully saturated rings. The van der Waals surface area contributed by atoms with Gasteiger partial charge in [0.05, 0.1) is 6.61 Å². The second kappa shape index (κ2) is 9.65. The third kappa shape index (κ3) is 4.55. The number of benzene rings is 1. The number of aromatic nitrogens is 2. The molecule has 6 heteroatoms. The molecule has 0 N–H and O–H groups in total. The van der Waals surface area contributed by atoms with Crippen LogP contribution in [0.15, 0.2) is 42.7 Å². The number of fused-ring (bicyclic) bond motifs is 3. The van der Waals surface area contributed by atoms with Crippen LogP contribution in [-0.4, -0.2) is 58.6 Å². The average Bonchev–Trinajstić information content (AvgIpc) is 3.15. The van der Waals surface area contributed by atoms with Gasteiger partial charge in [-0.25, -0.2) is 0 Å². The first-order chi connectivity index (χ1) is 16.1. The Hall–Kier alpha value is -2.70. The number of hydrogen-bond acceptors (Lipinski definition) is 4. The van der Waals surface area contributed by atoms with Gasteiger partial charge in [0.2, 0.25) is 0 Å². The zero-order valence-corrected chi connectivity index (χ0v) is 19.8. The van der Waals surface area contributed by atoms with Crippen molar-refractivity contribution in [2.45, 2.75) is 45.8 Å². The molecule has 2 aliphatic heterocycles. The summed E-state index contributed by atoms with van der Waals surface area (Å²) in [7, 11) is 1.75. The van der Waals surface area contributed by atoms with Crippen molar-refractivity contribution in [3.8, 4) is 0 Å². The van der Waals surface area contributed by atoms with Gasteiger partial charge in [-0.1, -0.05) is 13.0 Å². The van der Waals surface area contributed by atoms with Gasteiger partial charge >= 0.3 is 0 Å². The van der Waals surface area contributed by atoms with Crippen LogP contribution in [0, 0.1) is 5.92 Å². The van der Waals surface area contributed by atoms with E-state index >= 15 is 0 Å². The molecule has 174 valence electrons. The van der Waals surface area contributed by atoms with Crippen LogP contribution in [0.3, 0.4) is 0 Å². The van der Waals surface area contributed by atoms with Gasteiger partial charge in [-0.05, 0) is 54.2 Å². The normalized spacial score (nSPS) is 17.5. The van der Waals surface area contributed by atoms with Gasteiger partial charge in [0.25, 0.3) is 5.91 Å². The Bertz CT molecular complexity index is 1120. The fourth-order valence-electron chi connectivity index (χ4n) is 5.36. The SMILES string of the molecule is COCCn1c2c(c3cc(C(=O)N4CCC(C)CC4)ccc31)CN(Cc1cccnc1)CC2. The molecule has 5 rings (SSSR count). The number of pyridine rings is 1. The minimum absolute atomic E-state index is 0.171. The summed E-state index contributed by atoms with van der Waals surface area (Å²) in [6, 6.07) is 10.5. The maximum Gasteiger partial charge on any atom is 0.253 e. The smallest absolute Gasteiger partial charge is 0.253 e. The van der Waals surface area contributed by atoms with Crippen LogP contribution in [0.1, 0.15) is 46.9 Å². The molecule has 6 nitrogen and oxygen atoms in total. The maximum atomic E-state index is 13.3. The van der Waals surface area contributed by atoms with Crippen LogP contribution in [0.5, 0.6) is 0 Å². The largest absolute Gasteiger partial charge is 0.383 e. The van der Waals surface area contributed by atoms with Crippen molar-refractivity contribution in [1.29, 1.82) is 0 Å². The predicted octanol–water partition coefficient (Wildman–Crippen LogP) is 4.11. The molecule has 0 spiro atoms. The van der Waals surface area contributed by atoms with Crippen molar-refractivity contribution >= 4 is 16.8 Å². The van der Waals surface area contributed by atoms with Crippen molar-refractivity contribution in [3.05, 3.63) is 65.1 Å². The highest BCUT2D eigenvalue weighted by atomic mass is 16.5. The minimum Gasteiger partial charge on any atom is -0.383 e. The van der Waals surface area contributed by atoms with Crippen molar-refractivity contribution in [1.82, 2.24) is 19.4 Å².